The number of aryl methyl sites for hydroxylation is 1. The van der Waals surface area contributed by atoms with Gasteiger partial charge in [-0.15, -0.1) is 11.3 Å². The first-order valence-corrected chi connectivity index (χ1v) is 8.63. The van der Waals surface area contributed by atoms with Crippen LogP contribution in [0.2, 0.25) is 0 Å². The van der Waals surface area contributed by atoms with Gasteiger partial charge in [-0.3, -0.25) is 4.98 Å². The smallest absolute Gasteiger partial charge is 0.0893 e. The molecule has 100 valence electrons. The highest BCUT2D eigenvalue weighted by molar-refractivity contribution is 9.12. The van der Waals surface area contributed by atoms with Crippen LogP contribution in [0, 0.1) is 0 Å². The molecule has 19 heavy (non-hydrogen) atoms. The lowest BCUT2D eigenvalue weighted by molar-refractivity contribution is 0.133. The van der Waals surface area contributed by atoms with E-state index in [1.807, 2.05) is 18.3 Å². The molecule has 1 aliphatic rings. The average molecular weight is 403 g/mol. The molecule has 0 radical (unpaired) electrons. The fraction of sp³-hybridized carbons (Fsp3) is 0.357. The number of hydrogen-bond acceptors (Lipinski definition) is 3. The van der Waals surface area contributed by atoms with Gasteiger partial charge in [-0.25, -0.2) is 0 Å². The molecule has 0 fully saturated rings. The number of hydrogen-bond donors (Lipinski definition) is 1. The number of halogens is 2. The number of fused-ring (bicyclic) bond motifs is 1. The monoisotopic (exact) mass is 401 g/mol. The first-order chi connectivity index (χ1) is 9.16. The number of thiophene rings is 1. The second kappa shape index (κ2) is 5.64. The van der Waals surface area contributed by atoms with E-state index < -0.39 is 6.10 Å². The molecule has 5 heteroatoms. The van der Waals surface area contributed by atoms with E-state index in [-0.39, 0.29) is 5.92 Å². The highest BCUT2D eigenvalue weighted by Crippen LogP contribution is 2.44. The van der Waals surface area contributed by atoms with Crippen molar-refractivity contribution in [1.29, 1.82) is 0 Å². The van der Waals surface area contributed by atoms with Crippen LogP contribution in [0.25, 0.3) is 0 Å². The maximum Gasteiger partial charge on any atom is 0.0893 e. The normalized spacial score (nSPS) is 20.1. The van der Waals surface area contributed by atoms with Crippen molar-refractivity contribution in [3.8, 4) is 0 Å². The minimum atomic E-state index is -0.495. The van der Waals surface area contributed by atoms with Crippen molar-refractivity contribution in [2.75, 3.05) is 0 Å². The van der Waals surface area contributed by atoms with E-state index in [4.69, 9.17) is 0 Å². The van der Waals surface area contributed by atoms with Crippen LogP contribution in [-0.2, 0) is 6.42 Å². The predicted octanol–water partition coefficient (Wildman–Crippen LogP) is 4.82. The number of nitrogens with zero attached hydrogens (tertiary/aromatic N) is 1. The van der Waals surface area contributed by atoms with Gasteiger partial charge in [0, 0.05) is 23.4 Å². The van der Waals surface area contributed by atoms with Crippen LogP contribution in [0.4, 0.5) is 0 Å². The molecule has 1 N–H and O–H groups in total. The number of aliphatic hydroxyl groups excluding tert-OH is 1. The van der Waals surface area contributed by atoms with Crippen molar-refractivity contribution in [3.63, 3.8) is 0 Å². The zero-order valence-electron chi connectivity index (χ0n) is 10.1. The summed E-state index contributed by atoms with van der Waals surface area (Å²) in [4.78, 5) is 4.50. The fourth-order valence-electron chi connectivity index (χ4n) is 2.72. The average Bonchev–Trinajstić information content (AvgIpc) is 2.76. The van der Waals surface area contributed by atoms with Crippen molar-refractivity contribution < 1.29 is 5.11 Å². The van der Waals surface area contributed by atoms with E-state index in [0.29, 0.717) is 0 Å². The van der Waals surface area contributed by atoms with Gasteiger partial charge in [0.2, 0.25) is 0 Å². The molecule has 0 amide bonds. The third kappa shape index (κ3) is 2.66. The van der Waals surface area contributed by atoms with Crippen LogP contribution < -0.4 is 0 Å². The van der Waals surface area contributed by atoms with Crippen molar-refractivity contribution >= 4 is 43.2 Å². The Labute approximate surface area is 133 Å². The van der Waals surface area contributed by atoms with Gasteiger partial charge in [-0.05, 0) is 68.8 Å². The number of aromatic nitrogens is 1. The third-order valence-electron chi connectivity index (χ3n) is 3.62. The summed E-state index contributed by atoms with van der Waals surface area (Å²) in [5.41, 5.74) is 3.30. The molecule has 0 spiro atoms. The van der Waals surface area contributed by atoms with E-state index in [0.717, 1.165) is 38.1 Å². The summed E-state index contributed by atoms with van der Waals surface area (Å²) in [5, 5.41) is 10.7. The molecule has 1 aliphatic carbocycles. The van der Waals surface area contributed by atoms with Crippen LogP contribution in [0.5, 0.6) is 0 Å². The third-order valence-corrected chi connectivity index (χ3v) is 6.01. The van der Waals surface area contributed by atoms with Crippen molar-refractivity contribution in [2.45, 2.75) is 31.3 Å². The summed E-state index contributed by atoms with van der Waals surface area (Å²) in [6.07, 6.45) is 4.50. The van der Waals surface area contributed by atoms with Gasteiger partial charge in [0.25, 0.3) is 0 Å². The minimum Gasteiger partial charge on any atom is -0.388 e. The highest BCUT2D eigenvalue weighted by atomic mass is 79.9. The Kier molecular flexibility index (Phi) is 4.08. The lowest BCUT2D eigenvalue weighted by Gasteiger charge is -2.28. The molecule has 2 nitrogen and oxygen atoms in total. The van der Waals surface area contributed by atoms with Gasteiger partial charge < -0.3 is 5.11 Å². The number of pyridine rings is 1. The number of aliphatic hydroxyl groups is 1. The van der Waals surface area contributed by atoms with E-state index >= 15 is 0 Å². The first-order valence-electron chi connectivity index (χ1n) is 6.23. The van der Waals surface area contributed by atoms with E-state index in [9.17, 15) is 5.11 Å². The molecule has 2 aromatic heterocycles. The van der Waals surface area contributed by atoms with Gasteiger partial charge in [-0.2, -0.15) is 0 Å². The summed E-state index contributed by atoms with van der Waals surface area (Å²) in [7, 11) is 0. The molecule has 2 aromatic rings. The molecule has 0 aliphatic heterocycles. The topological polar surface area (TPSA) is 33.1 Å². The molecule has 0 saturated heterocycles. The summed E-state index contributed by atoms with van der Waals surface area (Å²) >= 11 is 8.60. The molecule has 0 saturated carbocycles. The molecule has 2 heterocycles. The Morgan fingerprint density at radius 2 is 2.26 bits per heavy atom. The van der Waals surface area contributed by atoms with Gasteiger partial charge in [0.05, 0.1) is 13.7 Å². The Hall–Kier alpha value is -0.230. The quantitative estimate of drug-likeness (QED) is 0.780. The standard InChI is InChI=1S/C14H13Br2NOS/c15-11-7-10(14(16)19-11)13(18)9-5-1-3-8-4-2-6-17-12(8)9/h2,4,6-7,9,13,18H,1,3,5H2. The summed E-state index contributed by atoms with van der Waals surface area (Å²) in [5.74, 6) is 0.0998. The second-order valence-corrected chi connectivity index (χ2v) is 8.52. The molecular formula is C14H13Br2NOS. The van der Waals surface area contributed by atoms with Crippen molar-refractivity contribution in [3.05, 3.63) is 48.8 Å². The Balaban J connectivity index is 1.97. The Morgan fingerprint density at radius 1 is 1.42 bits per heavy atom. The van der Waals surface area contributed by atoms with Gasteiger partial charge in [0.1, 0.15) is 0 Å². The predicted molar refractivity (Wildman–Crippen MR) is 84.6 cm³/mol. The van der Waals surface area contributed by atoms with E-state index in [2.05, 4.69) is 42.9 Å². The van der Waals surface area contributed by atoms with Gasteiger partial charge in [-0.1, -0.05) is 6.07 Å². The SMILES string of the molecule is OC(c1cc(Br)sc1Br)C1CCCc2cccnc21. The highest BCUT2D eigenvalue weighted by Gasteiger charge is 2.30. The van der Waals surface area contributed by atoms with Crippen LogP contribution >= 0.6 is 43.2 Å². The molecule has 2 unspecified atom stereocenters. The number of rotatable bonds is 2. The molecular weight excluding hydrogens is 390 g/mol. The Morgan fingerprint density at radius 3 is 3.00 bits per heavy atom. The lowest BCUT2D eigenvalue weighted by Crippen LogP contribution is -2.18. The minimum absolute atomic E-state index is 0.0998. The fourth-order valence-corrected chi connectivity index (χ4v) is 5.63. The summed E-state index contributed by atoms with van der Waals surface area (Å²) < 4.78 is 2.03. The zero-order valence-corrected chi connectivity index (χ0v) is 14.1. The molecule has 3 rings (SSSR count). The van der Waals surface area contributed by atoms with Gasteiger partial charge in [0.15, 0.2) is 0 Å². The zero-order chi connectivity index (χ0) is 13.4. The van der Waals surface area contributed by atoms with E-state index in [1.54, 1.807) is 11.3 Å². The molecule has 2 atom stereocenters. The summed E-state index contributed by atoms with van der Waals surface area (Å²) in [6, 6.07) is 6.10. The van der Waals surface area contributed by atoms with Crippen LogP contribution in [0.15, 0.2) is 32.0 Å². The second-order valence-electron chi connectivity index (χ2n) is 4.77. The van der Waals surface area contributed by atoms with Crippen LogP contribution in [0.1, 0.15) is 41.7 Å². The Bertz CT molecular complexity index is 599. The molecule has 0 aromatic carbocycles. The van der Waals surface area contributed by atoms with Crippen molar-refractivity contribution in [1.82, 2.24) is 4.98 Å². The molecule has 0 bridgehead atoms. The maximum absolute atomic E-state index is 10.7. The van der Waals surface area contributed by atoms with Gasteiger partial charge >= 0.3 is 0 Å². The first kappa shape index (κ1) is 13.7. The maximum atomic E-state index is 10.7. The largest absolute Gasteiger partial charge is 0.388 e. The lowest BCUT2D eigenvalue weighted by atomic mass is 9.81. The summed E-state index contributed by atoms with van der Waals surface area (Å²) in [6.45, 7) is 0. The van der Waals surface area contributed by atoms with Crippen molar-refractivity contribution in [2.24, 2.45) is 0 Å². The van der Waals surface area contributed by atoms with Crippen LogP contribution in [-0.4, -0.2) is 10.1 Å². The van der Waals surface area contributed by atoms with Crippen LogP contribution in [0.3, 0.4) is 0 Å². The van der Waals surface area contributed by atoms with E-state index in [1.165, 1.54) is 5.56 Å².